The molecule has 7 heteroatoms. The van der Waals surface area contributed by atoms with Gasteiger partial charge in [0, 0.05) is 5.69 Å². The van der Waals surface area contributed by atoms with E-state index in [-0.39, 0.29) is 11.2 Å². The Morgan fingerprint density at radius 3 is 2.68 bits per heavy atom. The number of carbonyl (C=O) groups is 1. The Bertz CT molecular complexity index is 695. The maximum Gasteiger partial charge on any atom is 0.277 e. The third-order valence-corrected chi connectivity index (χ3v) is 5.22. The first kappa shape index (κ1) is 17.9. The molecule has 1 aliphatic rings. The van der Waals surface area contributed by atoms with Gasteiger partial charge in [-0.25, -0.2) is 0 Å². The highest BCUT2D eigenvalue weighted by molar-refractivity contribution is 8.00. The smallest absolute Gasteiger partial charge is 0.277 e. The normalized spacial score (nSPS) is 16.1. The molecular weight excluding hydrogens is 336 g/mol. The molecule has 1 aliphatic heterocycles. The molecule has 2 aromatic rings. The van der Waals surface area contributed by atoms with Crippen molar-refractivity contribution in [2.24, 2.45) is 0 Å². The van der Waals surface area contributed by atoms with Crippen LogP contribution in [0.2, 0.25) is 0 Å². The first-order valence-electron chi connectivity index (χ1n) is 8.75. The van der Waals surface area contributed by atoms with Gasteiger partial charge in [-0.3, -0.25) is 9.69 Å². The molecule has 0 bridgehead atoms. The first-order chi connectivity index (χ1) is 12.1. The van der Waals surface area contributed by atoms with Crippen molar-refractivity contribution in [1.82, 2.24) is 15.1 Å². The summed E-state index contributed by atoms with van der Waals surface area (Å²) in [5.41, 5.74) is 2.05. The van der Waals surface area contributed by atoms with Crippen LogP contribution in [0.15, 0.2) is 33.9 Å². The standard InChI is InChI=1S/C18H24N4O2S/c1-3-14-6-8-15(9-7-14)19-17(23)13(2)25-18-21-20-16(24-18)12-22-10-4-5-11-22/h6-9,13H,3-5,10-12H2,1-2H3,(H,19,23)/t13-/m0/s1. The summed E-state index contributed by atoms with van der Waals surface area (Å²) in [7, 11) is 0. The van der Waals surface area contributed by atoms with Gasteiger partial charge in [0.05, 0.1) is 11.8 Å². The number of rotatable bonds is 7. The van der Waals surface area contributed by atoms with Gasteiger partial charge in [0.15, 0.2) is 0 Å². The van der Waals surface area contributed by atoms with Crippen LogP contribution in [0.25, 0.3) is 0 Å². The Morgan fingerprint density at radius 1 is 1.28 bits per heavy atom. The first-order valence-corrected chi connectivity index (χ1v) is 9.63. The minimum Gasteiger partial charge on any atom is -0.415 e. The van der Waals surface area contributed by atoms with Gasteiger partial charge in [0.25, 0.3) is 5.22 Å². The zero-order chi connectivity index (χ0) is 17.6. The Balaban J connectivity index is 1.51. The fourth-order valence-corrected chi connectivity index (χ4v) is 3.45. The molecule has 3 rings (SSSR count). The fourth-order valence-electron chi connectivity index (χ4n) is 2.75. The molecule has 0 aliphatic carbocycles. The van der Waals surface area contributed by atoms with Crippen LogP contribution in [0.3, 0.4) is 0 Å². The lowest BCUT2D eigenvalue weighted by molar-refractivity contribution is -0.115. The quantitative estimate of drug-likeness (QED) is 0.764. The summed E-state index contributed by atoms with van der Waals surface area (Å²) < 4.78 is 5.67. The van der Waals surface area contributed by atoms with Crippen molar-refractivity contribution in [3.05, 3.63) is 35.7 Å². The molecule has 6 nitrogen and oxygen atoms in total. The lowest BCUT2D eigenvalue weighted by Crippen LogP contribution is -2.22. The number of nitrogens with one attached hydrogen (secondary N) is 1. The van der Waals surface area contributed by atoms with Gasteiger partial charge in [-0.2, -0.15) is 0 Å². The van der Waals surface area contributed by atoms with Crippen LogP contribution in [0.5, 0.6) is 0 Å². The minimum atomic E-state index is -0.314. The molecule has 0 unspecified atom stereocenters. The second-order valence-electron chi connectivity index (χ2n) is 6.24. The van der Waals surface area contributed by atoms with E-state index in [1.165, 1.54) is 30.2 Å². The van der Waals surface area contributed by atoms with Crippen molar-refractivity contribution in [3.8, 4) is 0 Å². The van der Waals surface area contributed by atoms with Crippen molar-refractivity contribution >= 4 is 23.4 Å². The topological polar surface area (TPSA) is 71.3 Å². The molecule has 25 heavy (non-hydrogen) atoms. The molecule has 1 aromatic carbocycles. The van der Waals surface area contributed by atoms with Crippen LogP contribution >= 0.6 is 11.8 Å². The molecule has 1 aromatic heterocycles. The van der Waals surface area contributed by atoms with Crippen LogP contribution in [0, 0.1) is 0 Å². The lowest BCUT2D eigenvalue weighted by Gasteiger charge is -2.11. The predicted octanol–water partition coefficient (Wildman–Crippen LogP) is 3.35. The Labute approximate surface area is 152 Å². The number of hydrogen-bond acceptors (Lipinski definition) is 6. The van der Waals surface area contributed by atoms with E-state index in [0.717, 1.165) is 25.2 Å². The number of thioether (sulfide) groups is 1. The van der Waals surface area contributed by atoms with Crippen molar-refractivity contribution in [3.63, 3.8) is 0 Å². The number of aromatic nitrogens is 2. The highest BCUT2D eigenvalue weighted by atomic mass is 32.2. The van der Waals surface area contributed by atoms with Gasteiger partial charge in [-0.05, 0) is 57.0 Å². The maximum absolute atomic E-state index is 12.3. The molecule has 0 spiro atoms. The molecule has 0 saturated carbocycles. The zero-order valence-corrected chi connectivity index (χ0v) is 15.5. The molecule has 134 valence electrons. The van der Waals surface area contributed by atoms with Crippen molar-refractivity contribution < 1.29 is 9.21 Å². The summed E-state index contributed by atoms with van der Waals surface area (Å²) in [6.45, 7) is 6.80. The van der Waals surface area contributed by atoms with E-state index < -0.39 is 0 Å². The third-order valence-electron chi connectivity index (χ3n) is 4.28. The summed E-state index contributed by atoms with van der Waals surface area (Å²) in [4.78, 5) is 14.6. The van der Waals surface area contributed by atoms with Gasteiger partial charge in [-0.1, -0.05) is 30.8 Å². The summed E-state index contributed by atoms with van der Waals surface area (Å²) >= 11 is 1.29. The Morgan fingerprint density at radius 2 is 2.00 bits per heavy atom. The van der Waals surface area contributed by atoms with Gasteiger partial charge >= 0.3 is 0 Å². The maximum atomic E-state index is 12.3. The van der Waals surface area contributed by atoms with E-state index in [1.807, 2.05) is 31.2 Å². The van der Waals surface area contributed by atoms with Gasteiger partial charge in [-0.15, -0.1) is 10.2 Å². The number of anilines is 1. The van der Waals surface area contributed by atoms with Crippen LogP contribution in [-0.4, -0.2) is 39.3 Å². The van der Waals surface area contributed by atoms with Gasteiger partial charge in [0.2, 0.25) is 11.8 Å². The summed E-state index contributed by atoms with van der Waals surface area (Å²) in [5.74, 6) is 0.542. The monoisotopic (exact) mass is 360 g/mol. The lowest BCUT2D eigenvalue weighted by atomic mass is 10.1. The molecule has 1 fully saturated rings. The van der Waals surface area contributed by atoms with E-state index in [0.29, 0.717) is 17.7 Å². The molecule has 1 N–H and O–H groups in total. The molecule has 1 amide bonds. The number of nitrogens with zero attached hydrogens (tertiary/aromatic N) is 3. The van der Waals surface area contributed by atoms with E-state index in [1.54, 1.807) is 0 Å². The number of likely N-dealkylation sites (tertiary alicyclic amines) is 1. The highest BCUT2D eigenvalue weighted by Crippen LogP contribution is 2.24. The van der Waals surface area contributed by atoms with Crippen molar-refractivity contribution in [1.29, 1.82) is 0 Å². The second kappa shape index (κ2) is 8.49. The third kappa shape index (κ3) is 5.06. The van der Waals surface area contributed by atoms with E-state index >= 15 is 0 Å². The van der Waals surface area contributed by atoms with Gasteiger partial charge < -0.3 is 9.73 Å². The van der Waals surface area contributed by atoms with Crippen LogP contribution in [-0.2, 0) is 17.8 Å². The summed E-state index contributed by atoms with van der Waals surface area (Å²) in [5, 5.41) is 11.2. The number of hydrogen-bond donors (Lipinski definition) is 1. The van der Waals surface area contributed by atoms with Gasteiger partial charge in [0.1, 0.15) is 0 Å². The Kier molecular flexibility index (Phi) is 6.09. The molecule has 1 saturated heterocycles. The van der Waals surface area contributed by atoms with E-state index in [2.05, 4.69) is 27.3 Å². The summed E-state index contributed by atoms with van der Waals surface area (Å²) in [6, 6.07) is 7.90. The van der Waals surface area contributed by atoms with Crippen LogP contribution in [0.4, 0.5) is 5.69 Å². The number of aryl methyl sites for hydroxylation is 1. The minimum absolute atomic E-state index is 0.0754. The average molecular weight is 360 g/mol. The average Bonchev–Trinajstić information content (AvgIpc) is 3.28. The molecule has 1 atom stereocenters. The number of amides is 1. The van der Waals surface area contributed by atoms with Crippen LogP contribution in [0.1, 0.15) is 38.1 Å². The number of carbonyl (C=O) groups excluding carboxylic acids is 1. The highest BCUT2D eigenvalue weighted by Gasteiger charge is 2.20. The molecule has 0 radical (unpaired) electrons. The predicted molar refractivity (Wildman–Crippen MR) is 98.6 cm³/mol. The number of benzene rings is 1. The zero-order valence-electron chi connectivity index (χ0n) is 14.7. The van der Waals surface area contributed by atoms with E-state index in [9.17, 15) is 4.79 Å². The fraction of sp³-hybridized carbons (Fsp3) is 0.500. The molecule has 2 heterocycles. The van der Waals surface area contributed by atoms with E-state index in [4.69, 9.17) is 4.42 Å². The SMILES string of the molecule is CCc1ccc(NC(=O)[C@H](C)Sc2nnc(CN3CCCC3)o2)cc1. The Hall–Kier alpha value is -1.86. The molecular formula is C18H24N4O2S. The van der Waals surface area contributed by atoms with Crippen molar-refractivity contribution in [2.75, 3.05) is 18.4 Å². The van der Waals surface area contributed by atoms with Crippen molar-refractivity contribution in [2.45, 2.75) is 50.1 Å². The second-order valence-corrected chi connectivity index (χ2v) is 7.54. The largest absolute Gasteiger partial charge is 0.415 e. The van der Waals surface area contributed by atoms with Crippen LogP contribution < -0.4 is 5.32 Å². The summed E-state index contributed by atoms with van der Waals surface area (Å²) in [6.07, 6.45) is 3.44.